The van der Waals surface area contributed by atoms with Crippen LogP contribution in [0.5, 0.6) is 0 Å². The number of aliphatic hydroxyl groups is 1. The van der Waals surface area contributed by atoms with Crippen LogP contribution in [0.4, 0.5) is 0 Å². The van der Waals surface area contributed by atoms with Gasteiger partial charge in [0.15, 0.2) is 0 Å². The number of nitrogens with one attached hydrogen (secondary N) is 1. The molecule has 4 heteroatoms. The largest absolute Gasteiger partial charge is 0.384 e. The van der Waals surface area contributed by atoms with E-state index in [1.165, 1.54) is 11.3 Å². The summed E-state index contributed by atoms with van der Waals surface area (Å²) >= 11 is 1.36. The standard InChI is InChI=1S/C15H21NO2S/c1-4-15(5-2,6-3)16-14(18)13-10-9-12(19-13)8-7-11-17/h9-10,17H,4-6,11H2,1-3H3,(H,16,18). The minimum atomic E-state index is -0.163. The topological polar surface area (TPSA) is 49.3 Å². The van der Waals surface area contributed by atoms with Gasteiger partial charge in [0.05, 0.1) is 9.75 Å². The van der Waals surface area contributed by atoms with Gasteiger partial charge in [-0.2, -0.15) is 0 Å². The summed E-state index contributed by atoms with van der Waals surface area (Å²) in [7, 11) is 0. The Morgan fingerprint density at radius 1 is 1.32 bits per heavy atom. The Labute approximate surface area is 119 Å². The molecule has 0 unspecified atom stereocenters. The van der Waals surface area contributed by atoms with Crippen molar-refractivity contribution in [3.05, 3.63) is 21.9 Å². The molecule has 0 bridgehead atoms. The zero-order valence-corrected chi connectivity index (χ0v) is 12.6. The lowest BCUT2D eigenvalue weighted by Gasteiger charge is -2.31. The minimum absolute atomic E-state index is 0.0346. The van der Waals surface area contributed by atoms with Gasteiger partial charge in [-0.3, -0.25) is 4.79 Å². The molecule has 0 fully saturated rings. The van der Waals surface area contributed by atoms with E-state index in [2.05, 4.69) is 37.9 Å². The Hall–Kier alpha value is -1.31. The van der Waals surface area contributed by atoms with E-state index in [0.29, 0.717) is 4.88 Å². The van der Waals surface area contributed by atoms with Gasteiger partial charge in [0.2, 0.25) is 0 Å². The number of hydrogen-bond acceptors (Lipinski definition) is 3. The summed E-state index contributed by atoms with van der Waals surface area (Å²) in [4.78, 5) is 13.7. The maximum Gasteiger partial charge on any atom is 0.261 e. The Balaban J connectivity index is 2.80. The van der Waals surface area contributed by atoms with Crippen LogP contribution in [0.3, 0.4) is 0 Å². The van der Waals surface area contributed by atoms with Crippen LogP contribution in [-0.4, -0.2) is 23.2 Å². The smallest absolute Gasteiger partial charge is 0.261 e. The van der Waals surface area contributed by atoms with Gasteiger partial charge in [-0.25, -0.2) is 0 Å². The molecular formula is C15H21NO2S. The Bertz CT molecular complexity index is 470. The van der Waals surface area contributed by atoms with Gasteiger partial charge in [-0.1, -0.05) is 32.6 Å². The first-order valence-corrected chi connectivity index (χ1v) is 7.44. The molecule has 0 aliphatic heterocycles. The van der Waals surface area contributed by atoms with Crippen LogP contribution in [0.15, 0.2) is 12.1 Å². The van der Waals surface area contributed by atoms with E-state index in [1.54, 1.807) is 6.07 Å². The van der Waals surface area contributed by atoms with Crippen LogP contribution in [0.1, 0.15) is 54.6 Å². The van der Waals surface area contributed by atoms with Gasteiger partial charge >= 0.3 is 0 Å². The molecule has 104 valence electrons. The Morgan fingerprint density at radius 2 is 1.95 bits per heavy atom. The fourth-order valence-electron chi connectivity index (χ4n) is 1.97. The molecule has 0 atom stereocenters. The zero-order valence-electron chi connectivity index (χ0n) is 11.7. The first-order valence-electron chi connectivity index (χ1n) is 6.62. The van der Waals surface area contributed by atoms with Crippen molar-refractivity contribution in [2.45, 2.75) is 45.6 Å². The first-order chi connectivity index (χ1) is 9.10. The number of rotatable bonds is 5. The molecule has 0 saturated carbocycles. The average Bonchev–Trinajstić information content (AvgIpc) is 2.91. The summed E-state index contributed by atoms with van der Waals surface area (Å²) in [6, 6.07) is 3.60. The van der Waals surface area contributed by atoms with Gasteiger partial charge in [-0.05, 0) is 31.4 Å². The molecule has 0 aromatic carbocycles. The van der Waals surface area contributed by atoms with Gasteiger partial charge in [0, 0.05) is 5.54 Å². The molecule has 1 heterocycles. The molecule has 19 heavy (non-hydrogen) atoms. The molecular weight excluding hydrogens is 258 g/mol. The van der Waals surface area contributed by atoms with E-state index in [-0.39, 0.29) is 18.1 Å². The zero-order chi connectivity index (χ0) is 14.3. The summed E-state index contributed by atoms with van der Waals surface area (Å²) in [6.07, 6.45) is 2.77. The van der Waals surface area contributed by atoms with Crippen molar-refractivity contribution in [1.82, 2.24) is 5.32 Å². The summed E-state index contributed by atoms with van der Waals surface area (Å²) in [5.74, 6) is 5.36. The van der Waals surface area contributed by atoms with Crippen molar-refractivity contribution in [1.29, 1.82) is 0 Å². The van der Waals surface area contributed by atoms with E-state index in [1.807, 2.05) is 6.07 Å². The van der Waals surface area contributed by atoms with Gasteiger partial charge < -0.3 is 10.4 Å². The third-order valence-electron chi connectivity index (χ3n) is 3.53. The van der Waals surface area contributed by atoms with Gasteiger partial charge in [0.25, 0.3) is 5.91 Å². The molecule has 1 amide bonds. The third-order valence-corrected chi connectivity index (χ3v) is 4.53. The van der Waals surface area contributed by atoms with E-state index >= 15 is 0 Å². The van der Waals surface area contributed by atoms with Crippen molar-refractivity contribution in [3.63, 3.8) is 0 Å². The van der Waals surface area contributed by atoms with Crippen molar-refractivity contribution in [2.24, 2.45) is 0 Å². The van der Waals surface area contributed by atoms with Crippen molar-refractivity contribution >= 4 is 17.2 Å². The van der Waals surface area contributed by atoms with E-state index in [0.717, 1.165) is 24.1 Å². The number of hydrogen-bond donors (Lipinski definition) is 2. The lowest BCUT2D eigenvalue weighted by atomic mass is 9.90. The first kappa shape index (κ1) is 15.7. The second-order valence-electron chi connectivity index (χ2n) is 4.42. The van der Waals surface area contributed by atoms with Crippen LogP contribution in [0.2, 0.25) is 0 Å². The molecule has 0 radical (unpaired) electrons. The maximum atomic E-state index is 12.2. The molecule has 1 aromatic heterocycles. The normalized spacial score (nSPS) is 10.7. The summed E-state index contributed by atoms with van der Waals surface area (Å²) < 4.78 is 0. The predicted octanol–water partition coefficient (Wildman–Crippen LogP) is 2.79. The monoisotopic (exact) mass is 279 g/mol. The maximum absolute atomic E-state index is 12.2. The van der Waals surface area contributed by atoms with Crippen LogP contribution < -0.4 is 5.32 Å². The van der Waals surface area contributed by atoms with Gasteiger partial charge in [-0.15, -0.1) is 11.3 Å². The fourth-order valence-corrected chi connectivity index (χ4v) is 2.75. The lowest BCUT2D eigenvalue weighted by Crippen LogP contribution is -2.46. The highest BCUT2D eigenvalue weighted by molar-refractivity contribution is 7.14. The lowest BCUT2D eigenvalue weighted by molar-refractivity contribution is 0.0892. The number of aliphatic hydroxyl groups excluding tert-OH is 1. The van der Waals surface area contributed by atoms with Crippen molar-refractivity contribution in [2.75, 3.05) is 6.61 Å². The molecule has 0 aliphatic carbocycles. The minimum Gasteiger partial charge on any atom is -0.384 e. The van der Waals surface area contributed by atoms with Crippen molar-refractivity contribution < 1.29 is 9.90 Å². The van der Waals surface area contributed by atoms with Crippen LogP contribution >= 0.6 is 11.3 Å². The molecule has 1 aromatic rings. The van der Waals surface area contributed by atoms with Crippen LogP contribution in [-0.2, 0) is 0 Å². The molecule has 0 spiro atoms. The average molecular weight is 279 g/mol. The van der Waals surface area contributed by atoms with E-state index < -0.39 is 0 Å². The third kappa shape index (κ3) is 4.09. The second-order valence-corrected chi connectivity index (χ2v) is 5.50. The highest BCUT2D eigenvalue weighted by Crippen LogP contribution is 2.22. The SMILES string of the molecule is CCC(CC)(CC)NC(=O)c1ccc(C#CCO)s1. The van der Waals surface area contributed by atoms with Gasteiger partial charge in [0.1, 0.15) is 6.61 Å². The highest BCUT2D eigenvalue weighted by atomic mass is 32.1. The van der Waals surface area contributed by atoms with E-state index in [4.69, 9.17) is 5.11 Å². The molecule has 0 saturated heterocycles. The summed E-state index contributed by atoms with van der Waals surface area (Å²) in [5, 5.41) is 11.8. The fraction of sp³-hybridized carbons (Fsp3) is 0.533. The number of carbonyl (C=O) groups excluding carboxylic acids is 1. The van der Waals surface area contributed by atoms with Crippen LogP contribution in [0, 0.1) is 11.8 Å². The summed E-state index contributed by atoms with van der Waals surface area (Å²) in [5.41, 5.74) is -0.113. The Kier molecular flexibility index (Phi) is 6.07. The predicted molar refractivity (Wildman–Crippen MR) is 79.4 cm³/mol. The number of carbonyl (C=O) groups is 1. The second kappa shape index (κ2) is 7.32. The molecule has 0 aliphatic rings. The molecule has 2 N–H and O–H groups in total. The molecule has 1 rings (SSSR count). The molecule has 3 nitrogen and oxygen atoms in total. The van der Waals surface area contributed by atoms with Crippen molar-refractivity contribution in [3.8, 4) is 11.8 Å². The Morgan fingerprint density at radius 3 is 2.47 bits per heavy atom. The summed E-state index contributed by atoms with van der Waals surface area (Å²) in [6.45, 7) is 6.13. The quantitative estimate of drug-likeness (QED) is 0.814. The van der Waals surface area contributed by atoms with E-state index in [9.17, 15) is 4.79 Å². The van der Waals surface area contributed by atoms with Crippen LogP contribution in [0.25, 0.3) is 0 Å². The number of amides is 1. The number of thiophene rings is 1. The highest BCUT2D eigenvalue weighted by Gasteiger charge is 2.26.